The van der Waals surface area contributed by atoms with Gasteiger partial charge in [0.05, 0.1) is 6.54 Å². The van der Waals surface area contributed by atoms with E-state index in [4.69, 9.17) is 4.74 Å². The molecular formula is C21H25N3O3. The molecule has 0 aliphatic carbocycles. The van der Waals surface area contributed by atoms with Crippen LogP contribution in [0.2, 0.25) is 0 Å². The molecule has 27 heavy (non-hydrogen) atoms. The highest BCUT2D eigenvalue weighted by Gasteiger charge is 2.23. The van der Waals surface area contributed by atoms with E-state index in [2.05, 4.69) is 10.6 Å². The summed E-state index contributed by atoms with van der Waals surface area (Å²) >= 11 is 0. The van der Waals surface area contributed by atoms with Crippen molar-refractivity contribution in [2.45, 2.75) is 18.9 Å². The first kappa shape index (κ1) is 18.8. The standard InChI is InChI=1S/C21H25N3O3/c25-20(17-7-3-1-4-8-17)23-18-11-14-24(15-12-18)21(26)22-13-16-27-19-9-5-2-6-10-19/h1-10,18H,11-16H2,(H,22,26)(H,23,25). The molecule has 3 amide bonds. The Labute approximate surface area is 159 Å². The zero-order valence-electron chi connectivity index (χ0n) is 15.3. The first-order chi connectivity index (χ1) is 13.2. The van der Waals surface area contributed by atoms with Crippen molar-refractivity contribution in [2.75, 3.05) is 26.2 Å². The molecule has 1 aliphatic heterocycles. The Morgan fingerprint density at radius 3 is 2.26 bits per heavy atom. The molecule has 0 aromatic heterocycles. The summed E-state index contributed by atoms with van der Waals surface area (Å²) < 4.78 is 5.57. The fourth-order valence-corrected chi connectivity index (χ4v) is 3.04. The number of likely N-dealkylation sites (tertiary alicyclic amines) is 1. The average Bonchev–Trinajstić information content (AvgIpc) is 2.73. The van der Waals surface area contributed by atoms with Gasteiger partial charge >= 0.3 is 6.03 Å². The zero-order valence-corrected chi connectivity index (χ0v) is 15.3. The van der Waals surface area contributed by atoms with E-state index in [0.29, 0.717) is 31.8 Å². The third-order valence-electron chi connectivity index (χ3n) is 4.54. The van der Waals surface area contributed by atoms with Crippen LogP contribution in [-0.4, -0.2) is 49.1 Å². The minimum atomic E-state index is -0.0838. The molecule has 0 spiro atoms. The fraction of sp³-hybridized carbons (Fsp3) is 0.333. The fourth-order valence-electron chi connectivity index (χ4n) is 3.04. The molecule has 1 fully saturated rings. The van der Waals surface area contributed by atoms with Gasteiger partial charge in [0.25, 0.3) is 5.91 Å². The van der Waals surface area contributed by atoms with Crippen molar-refractivity contribution in [3.8, 4) is 5.75 Å². The van der Waals surface area contributed by atoms with Gasteiger partial charge in [0.2, 0.25) is 0 Å². The Kier molecular flexibility index (Phi) is 6.68. The number of piperidine rings is 1. The minimum Gasteiger partial charge on any atom is -0.492 e. The molecular weight excluding hydrogens is 342 g/mol. The van der Waals surface area contributed by atoms with Crippen LogP contribution < -0.4 is 15.4 Å². The lowest BCUT2D eigenvalue weighted by Crippen LogP contribution is -2.49. The molecule has 142 valence electrons. The molecule has 1 saturated heterocycles. The van der Waals surface area contributed by atoms with Crippen LogP contribution in [0.3, 0.4) is 0 Å². The zero-order chi connectivity index (χ0) is 18.9. The van der Waals surface area contributed by atoms with Crippen LogP contribution in [0.5, 0.6) is 5.75 Å². The van der Waals surface area contributed by atoms with Crippen molar-refractivity contribution in [2.24, 2.45) is 0 Å². The minimum absolute atomic E-state index is 0.0587. The van der Waals surface area contributed by atoms with E-state index < -0.39 is 0 Å². The maximum Gasteiger partial charge on any atom is 0.317 e. The van der Waals surface area contributed by atoms with Crippen LogP contribution in [0.15, 0.2) is 60.7 Å². The van der Waals surface area contributed by atoms with Gasteiger partial charge in [-0.2, -0.15) is 0 Å². The maximum absolute atomic E-state index is 12.2. The van der Waals surface area contributed by atoms with Crippen LogP contribution in [0.4, 0.5) is 4.79 Å². The van der Waals surface area contributed by atoms with Crippen molar-refractivity contribution < 1.29 is 14.3 Å². The van der Waals surface area contributed by atoms with E-state index in [9.17, 15) is 9.59 Å². The number of hydrogen-bond acceptors (Lipinski definition) is 3. The predicted molar refractivity (Wildman–Crippen MR) is 104 cm³/mol. The van der Waals surface area contributed by atoms with Crippen molar-refractivity contribution in [1.29, 1.82) is 0 Å². The summed E-state index contributed by atoms with van der Waals surface area (Å²) in [5, 5.41) is 5.93. The van der Waals surface area contributed by atoms with E-state index in [1.807, 2.05) is 48.5 Å². The number of carbonyl (C=O) groups is 2. The second-order valence-electron chi connectivity index (χ2n) is 6.49. The molecule has 0 bridgehead atoms. The quantitative estimate of drug-likeness (QED) is 0.771. The van der Waals surface area contributed by atoms with Gasteiger partial charge in [0, 0.05) is 24.7 Å². The summed E-state index contributed by atoms with van der Waals surface area (Å²) in [7, 11) is 0. The van der Waals surface area contributed by atoms with Gasteiger partial charge < -0.3 is 20.3 Å². The van der Waals surface area contributed by atoms with Crippen LogP contribution >= 0.6 is 0 Å². The number of urea groups is 1. The van der Waals surface area contributed by atoms with Crippen LogP contribution in [-0.2, 0) is 0 Å². The van der Waals surface area contributed by atoms with Gasteiger partial charge in [0.15, 0.2) is 0 Å². The number of hydrogen-bond donors (Lipinski definition) is 2. The summed E-state index contributed by atoms with van der Waals surface area (Å²) in [6, 6.07) is 18.7. The normalized spacial score (nSPS) is 14.4. The second kappa shape index (κ2) is 9.62. The summed E-state index contributed by atoms with van der Waals surface area (Å²) in [5.74, 6) is 0.735. The lowest BCUT2D eigenvalue weighted by atomic mass is 10.0. The summed E-state index contributed by atoms with van der Waals surface area (Å²) in [4.78, 5) is 26.2. The van der Waals surface area contributed by atoms with Gasteiger partial charge in [-0.1, -0.05) is 36.4 Å². The SMILES string of the molecule is O=C(NC1CCN(C(=O)NCCOc2ccccc2)CC1)c1ccccc1. The Balaban J connectivity index is 1.33. The van der Waals surface area contributed by atoms with Gasteiger partial charge in [-0.05, 0) is 37.1 Å². The van der Waals surface area contributed by atoms with E-state index >= 15 is 0 Å². The van der Waals surface area contributed by atoms with Gasteiger partial charge in [-0.3, -0.25) is 4.79 Å². The number of ether oxygens (including phenoxy) is 1. The summed E-state index contributed by atoms with van der Waals surface area (Å²) in [5.41, 5.74) is 0.663. The van der Waals surface area contributed by atoms with Gasteiger partial charge in [0.1, 0.15) is 12.4 Å². The number of carbonyl (C=O) groups excluding carboxylic acids is 2. The molecule has 0 atom stereocenters. The molecule has 2 aromatic carbocycles. The maximum atomic E-state index is 12.2. The van der Waals surface area contributed by atoms with Crippen LogP contribution in [0, 0.1) is 0 Å². The Morgan fingerprint density at radius 2 is 1.59 bits per heavy atom. The molecule has 6 heteroatoms. The highest BCUT2D eigenvalue weighted by Crippen LogP contribution is 2.12. The molecule has 2 N–H and O–H groups in total. The smallest absolute Gasteiger partial charge is 0.317 e. The highest BCUT2D eigenvalue weighted by atomic mass is 16.5. The predicted octanol–water partition coefficient (Wildman–Crippen LogP) is 2.67. The molecule has 2 aromatic rings. The van der Waals surface area contributed by atoms with E-state index in [-0.39, 0.29) is 18.0 Å². The summed E-state index contributed by atoms with van der Waals surface area (Å²) in [6.45, 7) is 2.15. The lowest BCUT2D eigenvalue weighted by molar-refractivity contribution is 0.0917. The average molecular weight is 367 g/mol. The van der Waals surface area contributed by atoms with Crippen LogP contribution in [0.25, 0.3) is 0 Å². The molecule has 1 heterocycles. The highest BCUT2D eigenvalue weighted by molar-refractivity contribution is 5.94. The van der Waals surface area contributed by atoms with Gasteiger partial charge in [-0.15, -0.1) is 0 Å². The van der Waals surface area contributed by atoms with Crippen molar-refractivity contribution in [1.82, 2.24) is 15.5 Å². The van der Waals surface area contributed by atoms with E-state index in [1.165, 1.54) is 0 Å². The lowest BCUT2D eigenvalue weighted by Gasteiger charge is -2.32. The van der Waals surface area contributed by atoms with Crippen molar-refractivity contribution in [3.63, 3.8) is 0 Å². The number of benzene rings is 2. The Morgan fingerprint density at radius 1 is 0.963 bits per heavy atom. The van der Waals surface area contributed by atoms with E-state index in [0.717, 1.165) is 18.6 Å². The number of rotatable bonds is 6. The van der Waals surface area contributed by atoms with Gasteiger partial charge in [-0.25, -0.2) is 4.79 Å². The Hall–Kier alpha value is -3.02. The third-order valence-corrected chi connectivity index (χ3v) is 4.54. The van der Waals surface area contributed by atoms with Crippen LogP contribution in [0.1, 0.15) is 23.2 Å². The Bertz CT molecular complexity index is 729. The first-order valence-electron chi connectivity index (χ1n) is 9.29. The molecule has 0 unspecified atom stereocenters. The molecule has 3 rings (SSSR count). The monoisotopic (exact) mass is 367 g/mol. The topological polar surface area (TPSA) is 70.7 Å². The molecule has 0 radical (unpaired) electrons. The van der Waals surface area contributed by atoms with Crippen molar-refractivity contribution in [3.05, 3.63) is 66.2 Å². The van der Waals surface area contributed by atoms with E-state index in [1.54, 1.807) is 17.0 Å². The number of nitrogens with zero attached hydrogens (tertiary/aromatic N) is 1. The van der Waals surface area contributed by atoms with Crippen molar-refractivity contribution >= 4 is 11.9 Å². The second-order valence-corrected chi connectivity index (χ2v) is 6.49. The molecule has 1 aliphatic rings. The largest absolute Gasteiger partial charge is 0.492 e. The third kappa shape index (κ3) is 5.74. The number of amides is 3. The molecule has 6 nitrogen and oxygen atoms in total. The first-order valence-corrected chi connectivity index (χ1v) is 9.29. The molecule has 0 saturated carbocycles. The number of para-hydroxylation sites is 1. The summed E-state index contributed by atoms with van der Waals surface area (Å²) in [6.07, 6.45) is 1.51. The number of nitrogens with one attached hydrogen (secondary N) is 2.